The maximum atomic E-state index is 13.7. The van der Waals surface area contributed by atoms with Crippen LogP contribution < -0.4 is 5.32 Å². The van der Waals surface area contributed by atoms with Gasteiger partial charge in [-0.25, -0.2) is 4.98 Å². The number of amides is 2. The minimum absolute atomic E-state index is 0.0626. The van der Waals surface area contributed by atoms with Gasteiger partial charge in [-0.3, -0.25) is 9.59 Å². The lowest BCUT2D eigenvalue weighted by atomic mass is 9.90. The summed E-state index contributed by atoms with van der Waals surface area (Å²) in [7, 11) is 0. The lowest BCUT2D eigenvalue weighted by Gasteiger charge is -2.28. The van der Waals surface area contributed by atoms with E-state index in [0.717, 1.165) is 33.8 Å². The smallest absolute Gasteiger partial charge is 0.243 e. The summed E-state index contributed by atoms with van der Waals surface area (Å²) < 4.78 is 5.60. The molecule has 2 amide bonds. The molecular weight excluding hydrogens is 488 g/mol. The number of likely N-dealkylation sites (tertiary alicyclic amines) is 1. The van der Waals surface area contributed by atoms with E-state index >= 15 is 0 Å². The normalized spacial score (nSPS) is 19.3. The molecule has 8 nitrogen and oxygen atoms in total. The summed E-state index contributed by atoms with van der Waals surface area (Å²) in [6, 6.07) is 9.13. The van der Waals surface area contributed by atoms with Crippen LogP contribution in [0.4, 0.5) is 0 Å². The van der Waals surface area contributed by atoms with Crippen molar-refractivity contribution < 1.29 is 19.2 Å². The molecule has 9 heteroatoms. The van der Waals surface area contributed by atoms with E-state index < -0.39 is 18.1 Å². The summed E-state index contributed by atoms with van der Waals surface area (Å²) >= 11 is 1.60. The van der Waals surface area contributed by atoms with E-state index in [-0.39, 0.29) is 36.6 Å². The molecular formula is C28H36N4O4S. The van der Waals surface area contributed by atoms with E-state index in [0.29, 0.717) is 12.3 Å². The predicted octanol–water partition coefficient (Wildman–Crippen LogP) is 4.64. The fourth-order valence-corrected chi connectivity index (χ4v) is 5.58. The molecule has 1 aliphatic rings. The molecule has 2 N–H and O–H groups in total. The predicted molar refractivity (Wildman–Crippen MR) is 143 cm³/mol. The Labute approximate surface area is 222 Å². The number of nitrogens with zero attached hydrogens (tertiary/aromatic N) is 3. The van der Waals surface area contributed by atoms with Crippen molar-refractivity contribution in [1.29, 1.82) is 0 Å². The number of nitrogens with one attached hydrogen (secondary N) is 1. The molecule has 2 aromatic heterocycles. The molecule has 1 fully saturated rings. The Morgan fingerprint density at radius 1 is 1.24 bits per heavy atom. The van der Waals surface area contributed by atoms with Gasteiger partial charge in [-0.2, -0.15) is 0 Å². The van der Waals surface area contributed by atoms with Crippen LogP contribution in [-0.4, -0.2) is 50.7 Å². The molecule has 198 valence electrons. The molecule has 3 heterocycles. The highest BCUT2D eigenvalue weighted by atomic mass is 32.1. The average Bonchev–Trinajstić information content (AvgIpc) is 3.62. The molecule has 37 heavy (non-hydrogen) atoms. The quantitative estimate of drug-likeness (QED) is 0.422. The zero-order chi connectivity index (χ0) is 26.7. The van der Waals surface area contributed by atoms with Crippen molar-refractivity contribution in [2.75, 3.05) is 6.54 Å². The van der Waals surface area contributed by atoms with Crippen molar-refractivity contribution >= 4 is 23.2 Å². The molecule has 4 atom stereocenters. The van der Waals surface area contributed by atoms with E-state index in [9.17, 15) is 14.7 Å². The number of aromatic nitrogens is 2. The molecule has 0 aliphatic carbocycles. The Kier molecular flexibility index (Phi) is 8.44. The van der Waals surface area contributed by atoms with E-state index in [4.69, 9.17) is 4.52 Å². The summed E-state index contributed by atoms with van der Waals surface area (Å²) in [4.78, 5) is 33.8. The zero-order valence-electron chi connectivity index (χ0n) is 22.1. The fourth-order valence-electron chi connectivity index (χ4n) is 4.77. The standard InChI is InChI=1S/C28H36N4O4S/c1-6-17(4)22-12-24(36-31-22)25(16(2)3)28(35)32-14-21(33)11-23(32)27(34)29-13-19-7-9-20(10-8-19)26-18(5)30-15-37-26/h7-10,12,15-17,21,23,25,33H,6,11,13-14H2,1-5H3,(H,29,34)/t17?,21-,23+,25?/m1/s1. The number of thiazole rings is 1. The number of rotatable bonds is 9. The molecule has 1 saturated heterocycles. The highest BCUT2D eigenvalue weighted by molar-refractivity contribution is 7.13. The van der Waals surface area contributed by atoms with E-state index in [2.05, 4.69) is 29.3 Å². The summed E-state index contributed by atoms with van der Waals surface area (Å²) in [5.74, 6) is -0.392. The topological polar surface area (TPSA) is 109 Å². The number of aliphatic hydroxyl groups excluding tert-OH is 1. The monoisotopic (exact) mass is 524 g/mol. The number of β-amino-alcohol motifs (C(OH)–C–C–N with tert-alkyl or cyclic N) is 1. The largest absolute Gasteiger partial charge is 0.391 e. The van der Waals surface area contributed by atoms with Gasteiger partial charge in [0.15, 0.2) is 0 Å². The van der Waals surface area contributed by atoms with Gasteiger partial charge in [0.05, 0.1) is 27.9 Å². The summed E-state index contributed by atoms with van der Waals surface area (Å²) in [6.07, 6.45) is 0.376. The van der Waals surface area contributed by atoms with Crippen molar-refractivity contribution in [3.05, 3.63) is 58.6 Å². The van der Waals surface area contributed by atoms with Gasteiger partial charge in [0.1, 0.15) is 17.7 Å². The second-order valence-corrected chi connectivity index (χ2v) is 11.1. The number of carbonyl (C=O) groups excluding carboxylic acids is 2. The first-order valence-corrected chi connectivity index (χ1v) is 13.8. The molecule has 0 bridgehead atoms. The van der Waals surface area contributed by atoms with Gasteiger partial charge in [-0.05, 0) is 30.4 Å². The number of aryl methyl sites for hydroxylation is 1. The van der Waals surface area contributed by atoms with E-state index in [1.54, 1.807) is 11.3 Å². The van der Waals surface area contributed by atoms with Gasteiger partial charge in [-0.1, -0.05) is 57.1 Å². The highest BCUT2D eigenvalue weighted by Crippen LogP contribution is 2.33. The first-order chi connectivity index (χ1) is 17.7. The van der Waals surface area contributed by atoms with Crippen LogP contribution in [-0.2, 0) is 16.1 Å². The summed E-state index contributed by atoms with van der Waals surface area (Å²) in [5.41, 5.74) is 5.70. The Morgan fingerprint density at radius 3 is 2.59 bits per heavy atom. The number of hydrogen-bond donors (Lipinski definition) is 2. The maximum Gasteiger partial charge on any atom is 0.243 e. The van der Waals surface area contributed by atoms with Crippen LogP contribution in [0.15, 0.2) is 40.4 Å². The number of hydrogen-bond acceptors (Lipinski definition) is 7. The maximum absolute atomic E-state index is 13.7. The number of carbonyl (C=O) groups is 2. The lowest BCUT2D eigenvalue weighted by molar-refractivity contribution is -0.141. The minimum atomic E-state index is -0.750. The first kappa shape index (κ1) is 27.0. The van der Waals surface area contributed by atoms with Crippen molar-refractivity contribution in [3.8, 4) is 10.4 Å². The van der Waals surface area contributed by atoms with Gasteiger partial charge in [-0.15, -0.1) is 11.3 Å². The van der Waals surface area contributed by atoms with Crippen LogP contribution in [0, 0.1) is 12.8 Å². The summed E-state index contributed by atoms with van der Waals surface area (Å²) in [6.45, 7) is 10.5. The minimum Gasteiger partial charge on any atom is -0.391 e. The van der Waals surface area contributed by atoms with Crippen LogP contribution in [0.5, 0.6) is 0 Å². The second-order valence-electron chi connectivity index (χ2n) is 10.3. The Bertz CT molecular complexity index is 1220. The molecule has 4 rings (SSSR count). The van der Waals surface area contributed by atoms with Crippen molar-refractivity contribution in [2.45, 2.75) is 78.0 Å². The van der Waals surface area contributed by atoms with Crippen molar-refractivity contribution in [3.63, 3.8) is 0 Å². The Hall–Kier alpha value is -3.04. The van der Waals surface area contributed by atoms with Crippen LogP contribution >= 0.6 is 11.3 Å². The van der Waals surface area contributed by atoms with E-state index in [1.165, 1.54) is 4.90 Å². The molecule has 2 unspecified atom stereocenters. The van der Waals surface area contributed by atoms with Gasteiger partial charge in [0, 0.05) is 31.5 Å². The van der Waals surface area contributed by atoms with E-state index in [1.807, 2.05) is 56.6 Å². The summed E-state index contributed by atoms with van der Waals surface area (Å²) in [5, 5.41) is 17.5. The first-order valence-electron chi connectivity index (χ1n) is 12.9. The van der Waals surface area contributed by atoms with Crippen LogP contribution in [0.1, 0.15) is 75.1 Å². The Morgan fingerprint density at radius 2 is 1.97 bits per heavy atom. The van der Waals surface area contributed by atoms with Crippen molar-refractivity contribution in [2.24, 2.45) is 5.92 Å². The zero-order valence-corrected chi connectivity index (χ0v) is 22.9. The highest BCUT2D eigenvalue weighted by Gasteiger charge is 2.43. The Balaban J connectivity index is 1.44. The second kappa shape index (κ2) is 11.6. The number of aliphatic hydroxyl groups is 1. The fraction of sp³-hybridized carbons (Fsp3) is 0.500. The molecule has 1 aliphatic heterocycles. The third-order valence-electron chi connectivity index (χ3n) is 7.20. The lowest BCUT2D eigenvalue weighted by Crippen LogP contribution is -2.48. The number of benzene rings is 1. The van der Waals surface area contributed by atoms with Gasteiger partial charge >= 0.3 is 0 Å². The molecule has 1 aromatic carbocycles. The molecule has 0 radical (unpaired) electrons. The molecule has 0 saturated carbocycles. The van der Waals surface area contributed by atoms with Gasteiger partial charge in [0.25, 0.3) is 0 Å². The van der Waals surface area contributed by atoms with Crippen molar-refractivity contribution in [1.82, 2.24) is 20.4 Å². The van der Waals surface area contributed by atoms with Gasteiger partial charge < -0.3 is 19.8 Å². The van der Waals surface area contributed by atoms with Crippen LogP contribution in [0.2, 0.25) is 0 Å². The molecule has 0 spiro atoms. The van der Waals surface area contributed by atoms with Gasteiger partial charge in [0.2, 0.25) is 11.8 Å². The SMILES string of the molecule is CCC(C)c1cc(C(C(=O)N2C[C@H](O)C[C@H]2C(=O)NCc2ccc(-c3scnc3C)cc2)C(C)C)on1. The molecule has 3 aromatic rings. The third-order valence-corrected chi connectivity index (χ3v) is 8.17. The third kappa shape index (κ3) is 5.93. The average molecular weight is 525 g/mol. The van der Waals surface area contributed by atoms with Crippen LogP contribution in [0.25, 0.3) is 10.4 Å². The van der Waals surface area contributed by atoms with Crippen LogP contribution in [0.3, 0.4) is 0 Å².